The molecule has 3 nitrogen and oxygen atoms in total. The molecule has 0 amide bonds. The number of anilines is 1. The van der Waals surface area contributed by atoms with Crippen molar-refractivity contribution in [3.63, 3.8) is 0 Å². The molecule has 7 heteroatoms. The first-order valence-electron chi connectivity index (χ1n) is 5.60. The summed E-state index contributed by atoms with van der Waals surface area (Å²) in [4.78, 5) is 0. The lowest BCUT2D eigenvalue weighted by atomic mass is 9.97. The van der Waals surface area contributed by atoms with E-state index in [1.807, 2.05) is 0 Å². The van der Waals surface area contributed by atoms with Gasteiger partial charge in [-0.1, -0.05) is 26.0 Å². The summed E-state index contributed by atoms with van der Waals surface area (Å²) in [5.74, 6) is -0.221. The molecule has 0 saturated carbocycles. The SMILES string of the molecule is CC(C)c1cccc(C(F)(F)F)c1N(C)S(C)(=O)=O. The minimum absolute atomic E-state index is 0.221. The van der Waals surface area contributed by atoms with Gasteiger partial charge in [0.05, 0.1) is 17.5 Å². The molecule has 0 aliphatic heterocycles. The van der Waals surface area contributed by atoms with E-state index in [1.54, 1.807) is 13.8 Å². The van der Waals surface area contributed by atoms with Crippen LogP contribution in [0, 0.1) is 0 Å². The lowest BCUT2D eigenvalue weighted by molar-refractivity contribution is -0.137. The number of hydrogen-bond acceptors (Lipinski definition) is 2. The molecule has 0 radical (unpaired) electrons. The molecule has 108 valence electrons. The van der Waals surface area contributed by atoms with Crippen molar-refractivity contribution in [2.45, 2.75) is 25.9 Å². The first-order valence-corrected chi connectivity index (χ1v) is 7.45. The van der Waals surface area contributed by atoms with Gasteiger partial charge < -0.3 is 0 Å². The Hall–Kier alpha value is -1.24. The number of sulfonamides is 1. The van der Waals surface area contributed by atoms with Crippen molar-refractivity contribution in [1.29, 1.82) is 0 Å². The summed E-state index contributed by atoms with van der Waals surface area (Å²) in [5, 5.41) is 0. The lowest BCUT2D eigenvalue weighted by Gasteiger charge is -2.26. The van der Waals surface area contributed by atoms with E-state index in [9.17, 15) is 21.6 Å². The Bertz CT molecular complexity index is 565. The number of para-hydroxylation sites is 1. The molecule has 1 rings (SSSR count). The normalized spacial score (nSPS) is 12.8. The van der Waals surface area contributed by atoms with Crippen molar-refractivity contribution >= 4 is 15.7 Å². The Morgan fingerprint density at radius 1 is 1.21 bits per heavy atom. The molecule has 0 saturated heterocycles. The molecule has 0 unspecified atom stereocenters. The van der Waals surface area contributed by atoms with Crippen LogP contribution in [0.1, 0.15) is 30.9 Å². The highest BCUT2D eigenvalue weighted by molar-refractivity contribution is 7.92. The van der Waals surface area contributed by atoms with Crippen LogP contribution in [0.15, 0.2) is 18.2 Å². The van der Waals surface area contributed by atoms with Crippen molar-refractivity contribution in [2.24, 2.45) is 0 Å². The minimum atomic E-state index is -4.60. The van der Waals surface area contributed by atoms with Gasteiger partial charge in [-0.25, -0.2) is 8.42 Å². The van der Waals surface area contributed by atoms with Gasteiger partial charge in [0.1, 0.15) is 0 Å². The Labute approximate surface area is 111 Å². The fourth-order valence-electron chi connectivity index (χ4n) is 1.77. The second kappa shape index (κ2) is 5.03. The number of benzene rings is 1. The summed E-state index contributed by atoms with van der Waals surface area (Å²) in [6, 6.07) is 3.69. The molecule has 0 bridgehead atoms. The maximum atomic E-state index is 13.0. The van der Waals surface area contributed by atoms with Crippen molar-refractivity contribution in [3.05, 3.63) is 29.3 Å². The molecular formula is C12H16F3NO2S. The van der Waals surface area contributed by atoms with Crippen molar-refractivity contribution in [3.8, 4) is 0 Å². The molecule has 0 heterocycles. The number of halogens is 3. The van der Waals surface area contributed by atoms with Gasteiger partial charge in [-0.15, -0.1) is 0 Å². The third kappa shape index (κ3) is 3.40. The summed E-state index contributed by atoms with van der Waals surface area (Å²) in [5.41, 5.74) is -0.887. The van der Waals surface area contributed by atoms with Crippen molar-refractivity contribution in [1.82, 2.24) is 0 Å². The average Bonchev–Trinajstić information content (AvgIpc) is 2.24. The van der Waals surface area contributed by atoms with Crippen LogP contribution in [0.25, 0.3) is 0 Å². The molecule has 0 spiro atoms. The highest BCUT2D eigenvalue weighted by Gasteiger charge is 2.37. The van der Waals surface area contributed by atoms with Crippen LogP contribution >= 0.6 is 0 Å². The third-order valence-corrected chi connectivity index (χ3v) is 3.98. The standard InChI is InChI=1S/C12H16F3NO2S/c1-8(2)9-6-5-7-10(12(13,14)15)11(9)16(3)19(4,17)18/h5-8H,1-4H3. The molecule has 19 heavy (non-hydrogen) atoms. The predicted octanol–water partition coefficient (Wildman–Crippen LogP) is 3.22. The molecular weight excluding hydrogens is 279 g/mol. The fourth-order valence-corrected chi connectivity index (χ4v) is 2.31. The van der Waals surface area contributed by atoms with Gasteiger partial charge in [-0.3, -0.25) is 4.31 Å². The van der Waals surface area contributed by atoms with Gasteiger partial charge >= 0.3 is 6.18 Å². The number of alkyl halides is 3. The van der Waals surface area contributed by atoms with E-state index in [1.165, 1.54) is 12.1 Å². The van der Waals surface area contributed by atoms with Crippen molar-refractivity contribution < 1.29 is 21.6 Å². The van der Waals surface area contributed by atoms with Gasteiger partial charge in [-0.2, -0.15) is 13.2 Å². The Morgan fingerprint density at radius 3 is 2.11 bits per heavy atom. The largest absolute Gasteiger partial charge is 0.418 e. The van der Waals surface area contributed by atoms with Crippen LogP contribution in [-0.4, -0.2) is 21.7 Å². The van der Waals surface area contributed by atoms with Crippen LogP contribution in [0.4, 0.5) is 18.9 Å². The van der Waals surface area contributed by atoms with Crippen LogP contribution in [-0.2, 0) is 16.2 Å². The van der Waals surface area contributed by atoms with Gasteiger partial charge in [0.25, 0.3) is 0 Å². The predicted molar refractivity (Wildman–Crippen MR) is 68.8 cm³/mol. The maximum absolute atomic E-state index is 13.0. The van der Waals surface area contributed by atoms with Crippen LogP contribution in [0.3, 0.4) is 0 Å². The quantitative estimate of drug-likeness (QED) is 0.858. The molecule has 0 aromatic heterocycles. The molecule has 1 aromatic rings. The highest BCUT2D eigenvalue weighted by Crippen LogP contribution is 2.41. The zero-order valence-electron chi connectivity index (χ0n) is 11.1. The number of hydrogen-bond donors (Lipinski definition) is 0. The average molecular weight is 295 g/mol. The van der Waals surface area contributed by atoms with E-state index in [-0.39, 0.29) is 11.6 Å². The zero-order chi connectivity index (χ0) is 15.0. The second-order valence-electron chi connectivity index (χ2n) is 4.63. The molecule has 0 fully saturated rings. The van der Waals surface area contributed by atoms with Gasteiger partial charge in [0.15, 0.2) is 0 Å². The second-order valence-corrected chi connectivity index (χ2v) is 6.64. The summed E-state index contributed by atoms with van der Waals surface area (Å²) in [6.45, 7) is 3.43. The first kappa shape index (κ1) is 15.8. The Kier molecular flexibility index (Phi) is 4.19. The number of nitrogens with zero attached hydrogens (tertiary/aromatic N) is 1. The van der Waals surface area contributed by atoms with Crippen LogP contribution < -0.4 is 4.31 Å². The van der Waals surface area contributed by atoms with E-state index < -0.39 is 21.8 Å². The molecule has 0 aliphatic carbocycles. The van der Waals surface area contributed by atoms with E-state index in [0.29, 0.717) is 9.87 Å². The monoisotopic (exact) mass is 295 g/mol. The molecule has 0 N–H and O–H groups in total. The summed E-state index contributed by atoms with van der Waals surface area (Å²) in [6.07, 6.45) is -3.72. The summed E-state index contributed by atoms with van der Waals surface area (Å²) >= 11 is 0. The van der Waals surface area contributed by atoms with Crippen molar-refractivity contribution in [2.75, 3.05) is 17.6 Å². The van der Waals surface area contributed by atoms with Gasteiger partial charge in [-0.05, 0) is 17.5 Å². The fraction of sp³-hybridized carbons (Fsp3) is 0.500. The topological polar surface area (TPSA) is 37.4 Å². The van der Waals surface area contributed by atoms with E-state index in [4.69, 9.17) is 0 Å². The Balaban J connectivity index is 3.65. The summed E-state index contributed by atoms with van der Waals surface area (Å²) in [7, 11) is -2.63. The van der Waals surface area contributed by atoms with E-state index in [0.717, 1.165) is 19.4 Å². The van der Waals surface area contributed by atoms with Crippen LogP contribution in [0.5, 0.6) is 0 Å². The molecule has 1 aromatic carbocycles. The smallest absolute Gasteiger partial charge is 0.273 e. The van der Waals surface area contributed by atoms with E-state index >= 15 is 0 Å². The zero-order valence-corrected chi connectivity index (χ0v) is 11.9. The first-order chi connectivity index (χ1) is 8.46. The van der Waals surface area contributed by atoms with Crippen LogP contribution in [0.2, 0.25) is 0 Å². The van der Waals surface area contributed by atoms with E-state index in [2.05, 4.69) is 0 Å². The van der Waals surface area contributed by atoms with Gasteiger partial charge in [0.2, 0.25) is 10.0 Å². The highest BCUT2D eigenvalue weighted by atomic mass is 32.2. The summed E-state index contributed by atoms with van der Waals surface area (Å²) < 4.78 is 62.8. The third-order valence-electron chi connectivity index (χ3n) is 2.81. The lowest BCUT2D eigenvalue weighted by Crippen LogP contribution is -2.29. The molecule has 0 aliphatic rings. The Morgan fingerprint density at radius 2 is 1.74 bits per heavy atom. The number of rotatable bonds is 3. The maximum Gasteiger partial charge on any atom is 0.418 e. The minimum Gasteiger partial charge on any atom is -0.273 e. The molecule has 0 atom stereocenters. The van der Waals surface area contributed by atoms with Gasteiger partial charge in [0, 0.05) is 7.05 Å².